The molecule has 21 heavy (non-hydrogen) atoms. The van der Waals surface area contributed by atoms with E-state index in [1.807, 2.05) is 20.2 Å². The molecule has 2 aromatic rings. The first-order chi connectivity index (χ1) is 10.0. The number of hydrogen-bond acceptors (Lipinski definition) is 5. The smallest absolute Gasteiger partial charge is 0.341 e. The van der Waals surface area contributed by atoms with Crippen molar-refractivity contribution in [1.82, 2.24) is 0 Å². The van der Waals surface area contributed by atoms with Crippen molar-refractivity contribution in [2.24, 2.45) is 0 Å². The average molecular weight is 288 g/mol. The van der Waals surface area contributed by atoms with Gasteiger partial charge in [0.1, 0.15) is 12.0 Å². The van der Waals surface area contributed by atoms with Crippen LogP contribution < -0.4 is 10.2 Å². The Hall–Kier alpha value is -2.43. The van der Waals surface area contributed by atoms with Crippen LogP contribution in [0.5, 0.6) is 0 Å². The van der Waals surface area contributed by atoms with Crippen LogP contribution in [0.25, 0.3) is 0 Å². The third-order valence-electron chi connectivity index (χ3n) is 3.25. The van der Waals surface area contributed by atoms with Gasteiger partial charge in [0.2, 0.25) is 0 Å². The maximum Gasteiger partial charge on any atom is 0.341 e. The number of ether oxygens (including phenoxy) is 1. The molecule has 0 saturated heterocycles. The number of methoxy groups -OCH3 is 1. The monoisotopic (exact) mass is 288 g/mol. The highest BCUT2D eigenvalue weighted by molar-refractivity contribution is 5.89. The minimum absolute atomic E-state index is 0.392. The van der Waals surface area contributed by atoms with Gasteiger partial charge in [-0.1, -0.05) is 0 Å². The molecule has 1 aromatic carbocycles. The van der Waals surface area contributed by atoms with E-state index in [9.17, 15) is 4.79 Å². The van der Waals surface area contributed by atoms with Crippen molar-refractivity contribution in [3.63, 3.8) is 0 Å². The minimum atomic E-state index is -0.392. The number of hydrogen-bond donors (Lipinski definition) is 1. The molecule has 5 heteroatoms. The Morgan fingerprint density at radius 2 is 2.10 bits per heavy atom. The normalized spacial score (nSPS) is 10.3. The molecule has 0 spiro atoms. The van der Waals surface area contributed by atoms with E-state index >= 15 is 0 Å². The van der Waals surface area contributed by atoms with Crippen molar-refractivity contribution in [3.8, 4) is 0 Å². The zero-order valence-electron chi connectivity index (χ0n) is 12.8. The first-order valence-electron chi connectivity index (χ1n) is 6.69. The van der Waals surface area contributed by atoms with Gasteiger partial charge in [-0.25, -0.2) is 4.79 Å². The fourth-order valence-corrected chi connectivity index (χ4v) is 2.00. The highest BCUT2D eigenvalue weighted by Crippen LogP contribution is 2.22. The standard InChI is InChI=1S/C16H20N2O3/c1-11-7-13(18(2)3)5-6-15(11)17-9-14-8-12(10-21-14)16(19)20-4/h5-8,10,17H,9H2,1-4H3. The molecule has 5 nitrogen and oxygen atoms in total. The molecule has 0 fully saturated rings. The molecule has 112 valence electrons. The zero-order chi connectivity index (χ0) is 15.4. The van der Waals surface area contributed by atoms with Gasteiger partial charge in [-0.05, 0) is 36.8 Å². The topological polar surface area (TPSA) is 54.7 Å². The molecule has 0 bridgehead atoms. The van der Waals surface area contributed by atoms with Gasteiger partial charge in [0, 0.05) is 25.5 Å². The highest BCUT2D eigenvalue weighted by atomic mass is 16.5. The van der Waals surface area contributed by atoms with Crippen molar-refractivity contribution >= 4 is 17.3 Å². The van der Waals surface area contributed by atoms with E-state index in [1.165, 1.54) is 13.4 Å². The quantitative estimate of drug-likeness (QED) is 0.857. The lowest BCUT2D eigenvalue weighted by atomic mass is 10.1. The van der Waals surface area contributed by atoms with Crippen LogP contribution in [0.15, 0.2) is 34.9 Å². The average Bonchev–Trinajstić information content (AvgIpc) is 2.93. The number of aryl methyl sites for hydroxylation is 1. The largest absolute Gasteiger partial charge is 0.467 e. The summed E-state index contributed by atoms with van der Waals surface area (Å²) in [6, 6.07) is 7.89. The van der Waals surface area contributed by atoms with Crippen LogP contribution in [0, 0.1) is 6.92 Å². The van der Waals surface area contributed by atoms with Gasteiger partial charge in [-0.3, -0.25) is 0 Å². The van der Waals surface area contributed by atoms with E-state index in [1.54, 1.807) is 6.07 Å². The Morgan fingerprint density at radius 1 is 1.33 bits per heavy atom. The van der Waals surface area contributed by atoms with Gasteiger partial charge < -0.3 is 19.4 Å². The molecule has 1 aromatic heterocycles. The summed E-state index contributed by atoms with van der Waals surface area (Å²) < 4.78 is 9.98. The summed E-state index contributed by atoms with van der Waals surface area (Å²) in [5, 5.41) is 3.30. The molecule has 0 aliphatic heterocycles. The van der Waals surface area contributed by atoms with Crippen molar-refractivity contribution in [2.75, 3.05) is 31.4 Å². The number of anilines is 2. The third kappa shape index (κ3) is 3.56. The second-order valence-corrected chi connectivity index (χ2v) is 5.04. The van der Waals surface area contributed by atoms with Crippen LogP contribution in [0.3, 0.4) is 0 Å². The van der Waals surface area contributed by atoms with Gasteiger partial charge in [0.05, 0.1) is 19.2 Å². The van der Waals surface area contributed by atoms with Crippen LogP contribution in [-0.4, -0.2) is 27.2 Å². The predicted molar refractivity (Wildman–Crippen MR) is 82.9 cm³/mol. The highest BCUT2D eigenvalue weighted by Gasteiger charge is 2.10. The molecule has 2 rings (SSSR count). The lowest BCUT2D eigenvalue weighted by Crippen LogP contribution is -2.09. The molecule has 1 N–H and O–H groups in total. The predicted octanol–water partition coefficient (Wildman–Crippen LogP) is 3.05. The molecular formula is C16H20N2O3. The zero-order valence-corrected chi connectivity index (χ0v) is 12.8. The van der Waals surface area contributed by atoms with Crippen molar-refractivity contribution < 1.29 is 13.9 Å². The SMILES string of the molecule is COC(=O)c1coc(CNc2ccc(N(C)C)cc2C)c1. The first-order valence-corrected chi connectivity index (χ1v) is 6.69. The number of furan rings is 1. The maximum absolute atomic E-state index is 11.3. The molecule has 0 amide bonds. The van der Waals surface area contributed by atoms with Crippen molar-refractivity contribution in [3.05, 3.63) is 47.4 Å². The van der Waals surface area contributed by atoms with Crippen LogP contribution >= 0.6 is 0 Å². The van der Waals surface area contributed by atoms with Gasteiger partial charge in [0.25, 0.3) is 0 Å². The lowest BCUT2D eigenvalue weighted by molar-refractivity contribution is 0.0600. The van der Waals surface area contributed by atoms with Gasteiger partial charge >= 0.3 is 5.97 Å². The van der Waals surface area contributed by atoms with Crippen LogP contribution in [0.2, 0.25) is 0 Å². The van der Waals surface area contributed by atoms with Crippen molar-refractivity contribution in [1.29, 1.82) is 0 Å². The van der Waals surface area contributed by atoms with E-state index in [-0.39, 0.29) is 0 Å². The minimum Gasteiger partial charge on any atom is -0.467 e. The Labute approximate surface area is 124 Å². The number of nitrogens with one attached hydrogen (secondary N) is 1. The number of carbonyl (C=O) groups excluding carboxylic acids is 1. The van der Waals surface area contributed by atoms with E-state index in [2.05, 4.69) is 34.0 Å². The summed E-state index contributed by atoms with van der Waals surface area (Å²) in [6.07, 6.45) is 1.41. The fraction of sp³-hybridized carbons (Fsp3) is 0.312. The Balaban J connectivity index is 2.03. The first kappa shape index (κ1) is 15.0. The van der Waals surface area contributed by atoms with Gasteiger partial charge in [0.15, 0.2) is 0 Å². The third-order valence-corrected chi connectivity index (χ3v) is 3.25. The van der Waals surface area contributed by atoms with E-state index in [0.717, 1.165) is 16.9 Å². The van der Waals surface area contributed by atoms with Crippen molar-refractivity contribution in [2.45, 2.75) is 13.5 Å². The van der Waals surface area contributed by atoms with E-state index < -0.39 is 5.97 Å². The number of carbonyl (C=O) groups is 1. The number of nitrogens with zero attached hydrogens (tertiary/aromatic N) is 1. The molecule has 0 saturated carbocycles. The van der Waals surface area contributed by atoms with Gasteiger partial charge in [-0.15, -0.1) is 0 Å². The summed E-state index contributed by atoms with van der Waals surface area (Å²) >= 11 is 0. The summed E-state index contributed by atoms with van der Waals surface area (Å²) in [5.41, 5.74) is 3.77. The molecule has 0 aliphatic carbocycles. The molecule has 0 atom stereocenters. The lowest BCUT2D eigenvalue weighted by Gasteiger charge is -2.15. The Morgan fingerprint density at radius 3 is 2.71 bits per heavy atom. The van der Waals surface area contributed by atoms with E-state index in [4.69, 9.17) is 4.42 Å². The molecular weight excluding hydrogens is 268 g/mol. The van der Waals surface area contributed by atoms with Gasteiger partial charge in [-0.2, -0.15) is 0 Å². The second kappa shape index (κ2) is 6.35. The second-order valence-electron chi connectivity index (χ2n) is 5.04. The molecule has 1 heterocycles. The number of rotatable bonds is 5. The van der Waals surface area contributed by atoms with E-state index in [0.29, 0.717) is 17.9 Å². The maximum atomic E-state index is 11.3. The summed E-state index contributed by atoms with van der Waals surface area (Å²) in [7, 11) is 5.38. The molecule has 0 radical (unpaired) electrons. The van der Waals surface area contributed by atoms with Crippen LogP contribution in [-0.2, 0) is 11.3 Å². The number of esters is 1. The molecule has 0 unspecified atom stereocenters. The molecule has 0 aliphatic rings. The summed E-state index contributed by atoms with van der Waals surface area (Å²) in [5.74, 6) is 0.294. The fourth-order valence-electron chi connectivity index (χ4n) is 2.00. The Kier molecular flexibility index (Phi) is 4.52. The summed E-state index contributed by atoms with van der Waals surface area (Å²) in [4.78, 5) is 13.4. The summed E-state index contributed by atoms with van der Waals surface area (Å²) in [6.45, 7) is 2.57. The Bertz CT molecular complexity index is 632. The number of benzene rings is 1. The van der Waals surface area contributed by atoms with Crippen LogP contribution in [0.1, 0.15) is 21.7 Å². The van der Waals surface area contributed by atoms with Crippen LogP contribution in [0.4, 0.5) is 11.4 Å².